The SMILES string of the molecule is CCNC(=NCC1(c2ccccc2Br)CC1)NCCCn1cccn1. The van der Waals surface area contributed by atoms with E-state index in [2.05, 4.69) is 62.9 Å². The van der Waals surface area contributed by atoms with Crippen LogP contribution in [0.25, 0.3) is 0 Å². The zero-order valence-electron chi connectivity index (χ0n) is 14.7. The molecule has 1 aromatic carbocycles. The number of aromatic nitrogens is 2. The van der Waals surface area contributed by atoms with Crippen molar-refractivity contribution in [3.05, 3.63) is 52.8 Å². The molecule has 5 nitrogen and oxygen atoms in total. The Labute approximate surface area is 158 Å². The number of hydrogen-bond donors (Lipinski definition) is 2. The molecular weight excluding hydrogens is 378 g/mol. The monoisotopic (exact) mass is 403 g/mol. The van der Waals surface area contributed by atoms with E-state index in [1.807, 2.05) is 23.1 Å². The Hall–Kier alpha value is -1.82. The van der Waals surface area contributed by atoms with Crippen LogP contribution in [0.2, 0.25) is 0 Å². The topological polar surface area (TPSA) is 54.2 Å². The van der Waals surface area contributed by atoms with Gasteiger partial charge in [0.1, 0.15) is 0 Å². The van der Waals surface area contributed by atoms with Gasteiger partial charge in [-0.05, 0) is 43.9 Å². The van der Waals surface area contributed by atoms with Gasteiger partial charge in [-0.1, -0.05) is 34.1 Å². The molecule has 0 atom stereocenters. The molecule has 0 aliphatic heterocycles. The number of hydrogen-bond acceptors (Lipinski definition) is 2. The standard InChI is InChI=1S/C19H26BrN5/c1-2-21-18(22-11-5-13-25-14-6-12-24-25)23-15-19(9-10-19)16-7-3-4-8-17(16)20/h3-4,6-8,12,14H,2,5,9-11,13,15H2,1H3,(H2,21,22,23). The molecule has 0 bridgehead atoms. The van der Waals surface area contributed by atoms with E-state index in [-0.39, 0.29) is 5.41 Å². The number of nitrogens with zero attached hydrogens (tertiary/aromatic N) is 3. The van der Waals surface area contributed by atoms with Gasteiger partial charge >= 0.3 is 0 Å². The van der Waals surface area contributed by atoms with Crippen molar-refractivity contribution in [2.75, 3.05) is 19.6 Å². The van der Waals surface area contributed by atoms with Crippen LogP contribution in [0.15, 0.2) is 52.2 Å². The highest BCUT2D eigenvalue weighted by atomic mass is 79.9. The van der Waals surface area contributed by atoms with Crippen LogP contribution in [0.3, 0.4) is 0 Å². The molecule has 25 heavy (non-hydrogen) atoms. The van der Waals surface area contributed by atoms with Crippen LogP contribution in [-0.2, 0) is 12.0 Å². The normalized spacial score (nSPS) is 15.8. The van der Waals surface area contributed by atoms with E-state index in [1.165, 1.54) is 22.9 Å². The molecule has 0 unspecified atom stereocenters. The van der Waals surface area contributed by atoms with Crippen LogP contribution in [0.1, 0.15) is 31.7 Å². The molecular formula is C19H26BrN5. The van der Waals surface area contributed by atoms with Gasteiger partial charge in [-0.3, -0.25) is 9.67 Å². The van der Waals surface area contributed by atoms with Gasteiger partial charge in [0, 0.05) is 41.9 Å². The lowest BCUT2D eigenvalue weighted by Gasteiger charge is -2.17. The summed E-state index contributed by atoms with van der Waals surface area (Å²) >= 11 is 3.69. The zero-order chi connectivity index (χ0) is 17.5. The highest BCUT2D eigenvalue weighted by Crippen LogP contribution is 2.50. The van der Waals surface area contributed by atoms with Crippen molar-refractivity contribution < 1.29 is 0 Å². The average molecular weight is 404 g/mol. The Balaban J connectivity index is 1.54. The number of benzene rings is 1. The summed E-state index contributed by atoms with van der Waals surface area (Å²) in [4.78, 5) is 4.85. The van der Waals surface area contributed by atoms with Crippen LogP contribution in [-0.4, -0.2) is 35.4 Å². The second kappa shape index (κ2) is 8.52. The molecule has 2 N–H and O–H groups in total. The Morgan fingerprint density at radius 1 is 1.28 bits per heavy atom. The Morgan fingerprint density at radius 2 is 2.12 bits per heavy atom. The van der Waals surface area contributed by atoms with Gasteiger partial charge in [-0.2, -0.15) is 5.10 Å². The summed E-state index contributed by atoms with van der Waals surface area (Å²) in [5, 5.41) is 11.0. The third-order valence-corrected chi connectivity index (χ3v) is 5.29. The molecule has 6 heteroatoms. The summed E-state index contributed by atoms with van der Waals surface area (Å²) < 4.78 is 3.15. The van der Waals surface area contributed by atoms with E-state index in [4.69, 9.17) is 4.99 Å². The first-order chi connectivity index (χ1) is 12.2. The smallest absolute Gasteiger partial charge is 0.191 e. The fourth-order valence-corrected chi connectivity index (χ4v) is 3.71. The fourth-order valence-electron chi connectivity index (χ4n) is 3.01. The lowest BCUT2D eigenvalue weighted by molar-refractivity contribution is 0.569. The summed E-state index contributed by atoms with van der Waals surface area (Å²) in [6.07, 6.45) is 7.24. The molecule has 134 valence electrons. The largest absolute Gasteiger partial charge is 0.357 e. The predicted octanol–water partition coefficient (Wildman–Crippen LogP) is 3.32. The maximum atomic E-state index is 4.85. The first-order valence-electron chi connectivity index (χ1n) is 8.98. The minimum atomic E-state index is 0.206. The quantitative estimate of drug-likeness (QED) is 0.403. The molecule has 1 saturated carbocycles. The van der Waals surface area contributed by atoms with E-state index < -0.39 is 0 Å². The number of guanidine groups is 1. The second-order valence-electron chi connectivity index (χ2n) is 6.50. The number of aryl methyl sites for hydroxylation is 1. The molecule has 1 fully saturated rings. The number of rotatable bonds is 8. The van der Waals surface area contributed by atoms with Crippen molar-refractivity contribution in [1.82, 2.24) is 20.4 Å². The van der Waals surface area contributed by atoms with Gasteiger partial charge in [0.15, 0.2) is 5.96 Å². The minimum Gasteiger partial charge on any atom is -0.357 e. The number of nitrogens with one attached hydrogen (secondary N) is 2. The Kier molecular flexibility index (Phi) is 6.13. The number of aliphatic imine (C=N–C) groups is 1. The van der Waals surface area contributed by atoms with Gasteiger partial charge in [0.05, 0.1) is 6.54 Å². The van der Waals surface area contributed by atoms with Crippen LogP contribution in [0.4, 0.5) is 0 Å². The first-order valence-corrected chi connectivity index (χ1v) is 9.77. The zero-order valence-corrected chi connectivity index (χ0v) is 16.3. The summed E-state index contributed by atoms with van der Waals surface area (Å²) in [7, 11) is 0. The maximum Gasteiger partial charge on any atom is 0.191 e. The predicted molar refractivity (Wildman–Crippen MR) is 106 cm³/mol. The van der Waals surface area contributed by atoms with Crippen molar-refractivity contribution in [1.29, 1.82) is 0 Å². The van der Waals surface area contributed by atoms with E-state index in [9.17, 15) is 0 Å². The lowest BCUT2D eigenvalue weighted by atomic mass is 9.96. The maximum absolute atomic E-state index is 4.85. The third kappa shape index (κ3) is 4.84. The molecule has 1 aliphatic rings. The van der Waals surface area contributed by atoms with Crippen molar-refractivity contribution in [2.45, 2.75) is 38.1 Å². The summed E-state index contributed by atoms with van der Waals surface area (Å²) in [5.74, 6) is 0.904. The van der Waals surface area contributed by atoms with Crippen molar-refractivity contribution >= 4 is 21.9 Å². The van der Waals surface area contributed by atoms with Crippen LogP contribution >= 0.6 is 15.9 Å². The van der Waals surface area contributed by atoms with Gasteiger partial charge in [0.2, 0.25) is 0 Å². The average Bonchev–Trinajstić information content (AvgIpc) is 3.22. The summed E-state index contributed by atoms with van der Waals surface area (Å²) in [6, 6.07) is 10.5. The molecule has 1 heterocycles. The van der Waals surface area contributed by atoms with Gasteiger partial charge in [0.25, 0.3) is 0 Å². The molecule has 2 aromatic rings. The second-order valence-corrected chi connectivity index (χ2v) is 7.36. The minimum absolute atomic E-state index is 0.206. The Morgan fingerprint density at radius 3 is 2.80 bits per heavy atom. The highest BCUT2D eigenvalue weighted by molar-refractivity contribution is 9.10. The highest BCUT2D eigenvalue weighted by Gasteiger charge is 2.45. The van der Waals surface area contributed by atoms with Crippen LogP contribution in [0, 0.1) is 0 Å². The van der Waals surface area contributed by atoms with E-state index >= 15 is 0 Å². The summed E-state index contributed by atoms with van der Waals surface area (Å²) in [5.41, 5.74) is 1.59. The van der Waals surface area contributed by atoms with Crippen molar-refractivity contribution in [2.24, 2.45) is 4.99 Å². The first kappa shape index (κ1) is 18.0. The van der Waals surface area contributed by atoms with Gasteiger partial charge in [-0.25, -0.2) is 0 Å². The van der Waals surface area contributed by atoms with Crippen molar-refractivity contribution in [3.8, 4) is 0 Å². The van der Waals surface area contributed by atoms with E-state index in [0.29, 0.717) is 0 Å². The molecule has 3 rings (SSSR count). The third-order valence-electron chi connectivity index (χ3n) is 4.60. The molecule has 1 aromatic heterocycles. The molecule has 0 saturated heterocycles. The van der Waals surface area contributed by atoms with Gasteiger partial charge < -0.3 is 10.6 Å². The van der Waals surface area contributed by atoms with Crippen LogP contribution in [0.5, 0.6) is 0 Å². The Bertz CT molecular complexity index is 692. The molecule has 0 radical (unpaired) electrons. The van der Waals surface area contributed by atoms with Crippen LogP contribution < -0.4 is 10.6 Å². The molecule has 0 amide bonds. The fraction of sp³-hybridized carbons (Fsp3) is 0.474. The van der Waals surface area contributed by atoms with Crippen molar-refractivity contribution in [3.63, 3.8) is 0 Å². The summed E-state index contributed by atoms with van der Waals surface area (Å²) in [6.45, 7) is 5.59. The van der Waals surface area contributed by atoms with E-state index in [0.717, 1.165) is 38.6 Å². The lowest BCUT2D eigenvalue weighted by Crippen LogP contribution is -2.38. The number of halogens is 1. The molecule has 0 spiro atoms. The van der Waals surface area contributed by atoms with Gasteiger partial charge in [-0.15, -0.1) is 0 Å². The molecule has 1 aliphatic carbocycles. The van der Waals surface area contributed by atoms with E-state index in [1.54, 1.807) is 0 Å².